The molecule has 0 aliphatic carbocycles. The van der Waals surface area contributed by atoms with Crippen LogP contribution in [0.3, 0.4) is 0 Å². The number of hydrogen-bond donors (Lipinski definition) is 1. The van der Waals surface area contributed by atoms with Crippen molar-refractivity contribution in [1.29, 1.82) is 0 Å². The molecule has 0 radical (unpaired) electrons. The lowest BCUT2D eigenvalue weighted by Crippen LogP contribution is -2.48. The van der Waals surface area contributed by atoms with Gasteiger partial charge in [0, 0.05) is 6.04 Å². The topological polar surface area (TPSA) is 83.9 Å². The van der Waals surface area contributed by atoms with E-state index in [9.17, 15) is 18.3 Å². The van der Waals surface area contributed by atoms with Crippen LogP contribution >= 0.6 is 0 Å². The van der Waals surface area contributed by atoms with Crippen LogP contribution in [0.4, 0.5) is 4.79 Å². The van der Waals surface area contributed by atoms with Gasteiger partial charge in [0.1, 0.15) is 0 Å². The van der Waals surface area contributed by atoms with E-state index in [1.165, 1.54) is 17.0 Å². The van der Waals surface area contributed by atoms with Gasteiger partial charge in [-0.05, 0) is 44.7 Å². The lowest BCUT2D eigenvalue weighted by Gasteiger charge is -2.32. The zero-order valence-electron chi connectivity index (χ0n) is 12.4. The highest BCUT2D eigenvalue weighted by atomic mass is 32.2. The average Bonchev–Trinajstić information content (AvgIpc) is 3.02. The molecule has 0 saturated carbocycles. The van der Waals surface area contributed by atoms with Crippen LogP contribution in [-0.2, 0) is 14.3 Å². The number of carbonyl (C=O) groups is 1. The quantitative estimate of drug-likeness (QED) is 0.859. The Kier molecular flexibility index (Phi) is 3.65. The number of rotatable bonds is 4. The van der Waals surface area contributed by atoms with Gasteiger partial charge in [-0.2, -0.15) is 8.42 Å². The summed E-state index contributed by atoms with van der Waals surface area (Å²) in [6, 6.07) is 6.42. The van der Waals surface area contributed by atoms with Crippen LogP contribution in [0.2, 0.25) is 0 Å². The number of benzene rings is 1. The van der Waals surface area contributed by atoms with Crippen molar-refractivity contribution in [3.8, 4) is 0 Å². The fourth-order valence-electron chi connectivity index (χ4n) is 3.56. The second-order valence-electron chi connectivity index (χ2n) is 6.14. The molecule has 1 amide bonds. The monoisotopic (exact) mass is 325 g/mol. The molecule has 0 spiro atoms. The SMILES string of the molecule is Cc1ccc(S(=O)(=O)OCC23CCC(CC2)N3C(=O)O)cc1. The molecule has 0 unspecified atom stereocenters. The molecule has 6 nitrogen and oxygen atoms in total. The van der Waals surface area contributed by atoms with Crippen LogP contribution in [0, 0.1) is 6.92 Å². The molecule has 2 bridgehead atoms. The molecule has 7 heteroatoms. The van der Waals surface area contributed by atoms with Crippen LogP contribution in [0.15, 0.2) is 29.2 Å². The molecular weight excluding hydrogens is 306 g/mol. The molecule has 22 heavy (non-hydrogen) atoms. The summed E-state index contributed by atoms with van der Waals surface area (Å²) in [6.45, 7) is 1.77. The first-order chi connectivity index (χ1) is 10.3. The Morgan fingerprint density at radius 1 is 1.32 bits per heavy atom. The maximum Gasteiger partial charge on any atom is 0.408 e. The highest BCUT2D eigenvalue weighted by Gasteiger charge is 2.54. The lowest BCUT2D eigenvalue weighted by molar-refractivity contribution is 0.0798. The Morgan fingerprint density at radius 2 is 1.91 bits per heavy atom. The molecule has 2 heterocycles. The Balaban J connectivity index is 1.77. The van der Waals surface area contributed by atoms with E-state index in [1.807, 2.05) is 6.92 Å². The maximum atomic E-state index is 12.3. The van der Waals surface area contributed by atoms with E-state index >= 15 is 0 Å². The largest absolute Gasteiger partial charge is 0.465 e. The molecule has 1 aromatic rings. The Bertz CT molecular complexity index is 674. The van der Waals surface area contributed by atoms with Gasteiger partial charge >= 0.3 is 6.09 Å². The Hall–Kier alpha value is -1.60. The third kappa shape index (κ3) is 2.48. The van der Waals surface area contributed by atoms with Crippen molar-refractivity contribution in [2.45, 2.75) is 49.1 Å². The van der Waals surface area contributed by atoms with Crippen molar-refractivity contribution in [3.05, 3.63) is 29.8 Å². The molecule has 120 valence electrons. The minimum Gasteiger partial charge on any atom is -0.465 e. The predicted molar refractivity (Wildman–Crippen MR) is 79.2 cm³/mol. The van der Waals surface area contributed by atoms with Gasteiger partial charge in [-0.1, -0.05) is 17.7 Å². The number of nitrogens with zero attached hydrogens (tertiary/aromatic N) is 1. The van der Waals surface area contributed by atoms with Crippen molar-refractivity contribution in [1.82, 2.24) is 4.90 Å². The minimum absolute atomic E-state index is 0.00294. The maximum absolute atomic E-state index is 12.3. The standard InChI is InChI=1S/C15H19NO5S/c1-11-2-4-13(5-3-11)22(19,20)21-10-15-8-6-12(7-9-15)16(15)14(17)18/h2-5,12H,6-10H2,1H3,(H,17,18). The van der Waals surface area contributed by atoms with E-state index in [4.69, 9.17) is 4.18 Å². The molecule has 0 atom stereocenters. The molecular formula is C15H19NO5S. The minimum atomic E-state index is -3.86. The van der Waals surface area contributed by atoms with Gasteiger partial charge in [0.05, 0.1) is 17.0 Å². The van der Waals surface area contributed by atoms with Gasteiger partial charge < -0.3 is 5.11 Å². The van der Waals surface area contributed by atoms with Crippen LogP contribution in [0.25, 0.3) is 0 Å². The van der Waals surface area contributed by atoms with Gasteiger partial charge in [0.2, 0.25) is 0 Å². The van der Waals surface area contributed by atoms with Gasteiger partial charge in [0.15, 0.2) is 0 Å². The van der Waals surface area contributed by atoms with Crippen molar-refractivity contribution >= 4 is 16.2 Å². The molecule has 2 aliphatic rings. The van der Waals surface area contributed by atoms with Gasteiger partial charge in [-0.15, -0.1) is 0 Å². The molecule has 1 N–H and O–H groups in total. The number of hydrogen-bond acceptors (Lipinski definition) is 4. The summed E-state index contributed by atoms with van der Waals surface area (Å²) in [5.74, 6) is 0. The van der Waals surface area contributed by atoms with Crippen LogP contribution in [0.5, 0.6) is 0 Å². The van der Waals surface area contributed by atoms with Gasteiger partial charge in [0.25, 0.3) is 10.1 Å². The first-order valence-corrected chi connectivity index (χ1v) is 8.73. The summed E-state index contributed by atoms with van der Waals surface area (Å²) >= 11 is 0. The van der Waals surface area contributed by atoms with Crippen molar-refractivity contribution in [2.24, 2.45) is 0 Å². The number of fused-ring (bicyclic) bond motifs is 2. The zero-order chi connectivity index (χ0) is 16.0. The normalized spacial score (nSPS) is 27.3. The van der Waals surface area contributed by atoms with E-state index in [2.05, 4.69) is 0 Å². The average molecular weight is 325 g/mol. The first-order valence-electron chi connectivity index (χ1n) is 7.32. The number of aryl methyl sites for hydroxylation is 1. The Morgan fingerprint density at radius 3 is 2.45 bits per heavy atom. The van der Waals surface area contributed by atoms with E-state index in [0.717, 1.165) is 18.4 Å². The van der Waals surface area contributed by atoms with Gasteiger partial charge in [-0.25, -0.2) is 4.79 Å². The number of amides is 1. The van der Waals surface area contributed by atoms with Crippen LogP contribution < -0.4 is 0 Å². The van der Waals surface area contributed by atoms with Crippen molar-refractivity contribution in [2.75, 3.05) is 6.61 Å². The fraction of sp³-hybridized carbons (Fsp3) is 0.533. The molecule has 0 aromatic heterocycles. The summed E-state index contributed by atoms with van der Waals surface area (Å²) < 4.78 is 29.7. The second-order valence-corrected chi connectivity index (χ2v) is 7.75. The van der Waals surface area contributed by atoms with Crippen LogP contribution in [0.1, 0.15) is 31.2 Å². The fourth-order valence-corrected chi connectivity index (χ4v) is 4.54. The zero-order valence-corrected chi connectivity index (χ0v) is 13.2. The first kappa shape index (κ1) is 15.3. The van der Waals surface area contributed by atoms with Crippen LogP contribution in [-0.4, -0.2) is 42.7 Å². The third-order valence-electron chi connectivity index (χ3n) is 4.76. The molecule has 1 aromatic carbocycles. The smallest absolute Gasteiger partial charge is 0.408 e. The highest BCUT2D eigenvalue weighted by molar-refractivity contribution is 7.86. The summed E-state index contributed by atoms with van der Waals surface area (Å²) in [7, 11) is -3.86. The molecule has 3 rings (SSSR count). The second kappa shape index (κ2) is 5.24. The number of carboxylic acid groups (broad SMARTS) is 1. The summed E-state index contributed by atoms with van der Waals surface area (Å²) in [5, 5.41) is 9.36. The summed E-state index contributed by atoms with van der Waals surface area (Å²) in [5.41, 5.74) is 0.276. The van der Waals surface area contributed by atoms with E-state index < -0.39 is 21.8 Å². The van der Waals surface area contributed by atoms with Crippen molar-refractivity contribution in [3.63, 3.8) is 0 Å². The van der Waals surface area contributed by atoms with Gasteiger partial charge in [-0.3, -0.25) is 9.08 Å². The third-order valence-corrected chi connectivity index (χ3v) is 6.04. The van der Waals surface area contributed by atoms with E-state index in [-0.39, 0.29) is 17.5 Å². The molecule has 2 aliphatic heterocycles. The lowest BCUT2D eigenvalue weighted by atomic mass is 9.89. The predicted octanol–water partition coefficient (Wildman–Crippen LogP) is 2.38. The highest BCUT2D eigenvalue weighted by Crippen LogP contribution is 2.46. The van der Waals surface area contributed by atoms with E-state index in [1.54, 1.807) is 12.1 Å². The van der Waals surface area contributed by atoms with Crippen molar-refractivity contribution < 1.29 is 22.5 Å². The molecule has 2 saturated heterocycles. The van der Waals surface area contributed by atoms with E-state index in [0.29, 0.717) is 12.8 Å². The summed E-state index contributed by atoms with van der Waals surface area (Å²) in [6.07, 6.45) is 1.89. The Labute approximate surface area is 129 Å². The molecule has 2 fully saturated rings. The summed E-state index contributed by atoms with van der Waals surface area (Å²) in [4.78, 5) is 12.9.